The molecule has 0 aliphatic carbocycles. The quantitative estimate of drug-likeness (QED) is 0.319. The molecule has 0 rings (SSSR count). The molecular weight excluding hydrogens is 96.6 g/mol. The van der Waals surface area contributed by atoms with Gasteiger partial charge in [-0.2, -0.15) is 0 Å². The molecule has 0 aromatic heterocycles. The van der Waals surface area contributed by atoms with Gasteiger partial charge in [0.25, 0.3) is 0 Å². The van der Waals surface area contributed by atoms with Gasteiger partial charge in [-0.25, -0.2) is 0 Å². The first-order valence-electron chi connectivity index (χ1n) is 0. The molecule has 24 valence electrons. The van der Waals surface area contributed by atoms with Gasteiger partial charge < -0.3 is 16.4 Å². The summed E-state index contributed by atoms with van der Waals surface area (Å²) < 4.78 is 0. The second-order valence-electron chi connectivity index (χ2n) is 0. The van der Waals surface area contributed by atoms with E-state index >= 15 is 0 Å². The zero-order valence-electron chi connectivity index (χ0n) is 2.73. The second-order valence-corrected chi connectivity index (χ2v) is 0. The summed E-state index contributed by atoms with van der Waals surface area (Å²) in [4.78, 5) is 0. The SMILES string of the molecule is O.[Mg+2].[Mg+2].[O-2].[O-2]. The maximum Gasteiger partial charge on any atom is 2.00 e. The van der Waals surface area contributed by atoms with Crippen molar-refractivity contribution >= 4 is 46.1 Å². The molecule has 0 aromatic rings. The van der Waals surface area contributed by atoms with Crippen molar-refractivity contribution in [3.63, 3.8) is 0 Å². The van der Waals surface area contributed by atoms with E-state index in [9.17, 15) is 0 Å². The molecule has 0 atom stereocenters. The Bertz CT molecular complexity index is 4.85. The normalized spacial score (nSPS) is 0. The van der Waals surface area contributed by atoms with Crippen LogP contribution in [-0.4, -0.2) is 51.6 Å². The molecular formula is H2Mg2O3. The van der Waals surface area contributed by atoms with Gasteiger partial charge in [0.1, 0.15) is 0 Å². The Morgan fingerprint density at radius 1 is 0.600 bits per heavy atom. The van der Waals surface area contributed by atoms with Gasteiger partial charge in [0.15, 0.2) is 0 Å². The van der Waals surface area contributed by atoms with Crippen LogP contribution in [0.1, 0.15) is 0 Å². The fraction of sp³-hybridized carbons (Fsp3) is 0. The summed E-state index contributed by atoms with van der Waals surface area (Å²) in [6.07, 6.45) is 0. The van der Waals surface area contributed by atoms with Crippen molar-refractivity contribution in [2.24, 2.45) is 0 Å². The average Bonchev–Trinajstić information content (AvgIpc) is 0. The summed E-state index contributed by atoms with van der Waals surface area (Å²) in [7, 11) is 0. The van der Waals surface area contributed by atoms with Crippen LogP contribution < -0.4 is 0 Å². The van der Waals surface area contributed by atoms with Crippen LogP contribution in [0, 0.1) is 0 Å². The van der Waals surface area contributed by atoms with Gasteiger partial charge in [-0.1, -0.05) is 0 Å². The predicted molar refractivity (Wildman–Crippen MR) is 16.5 cm³/mol. The molecule has 5 heteroatoms. The molecule has 0 heterocycles. The third-order valence-corrected chi connectivity index (χ3v) is 0. The van der Waals surface area contributed by atoms with E-state index in [4.69, 9.17) is 0 Å². The predicted octanol–water partition coefficient (Wildman–Crippen LogP) is -1.82. The van der Waals surface area contributed by atoms with E-state index in [0.29, 0.717) is 0 Å². The Morgan fingerprint density at radius 3 is 0.600 bits per heavy atom. The van der Waals surface area contributed by atoms with Gasteiger partial charge in [0.2, 0.25) is 0 Å². The van der Waals surface area contributed by atoms with Crippen molar-refractivity contribution in [2.75, 3.05) is 0 Å². The van der Waals surface area contributed by atoms with Crippen molar-refractivity contribution in [3.8, 4) is 0 Å². The Labute approximate surface area is 62.4 Å². The van der Waals surface area contributed by atoms with Crippen LogP contribution in [0.15, 0.2) is 0 Å². The Hall–Kier alpha value is 1.41. The monoisotopic (exact) mass is 98.0 g/mol. The van der Waals surface area contributed by atoms with Gasteiger partial charge >= 0.3 is 46.1 Å². The van der Waals surface area contributed by atoms with E-state index in [1.165, 1.54) is 0 Å². The molecule has 3 nitrogen and oxygen atoms in total. The smallest absolute Gasteiger partial charge is 2.00 e. The summed E-state index contributed by atoms with van der Waals surface area (Å²) >= 11 is 0. The van der Waals surface area contributed by atoms with E-state index in [1.54, 1.807) is 0 Å². The van der Waals surface area contributed by atoms with E-state index in [0.717, 1.165) is 0 Å². The number of hydrogen-bond donors (Lipinski definition) is 0. The minimum atomic E-state index is 0. The molecule has 0 saturated heterocycles. The van der Waals surface area contributed by atoms with Gasteiger partial charge in [-0.15, -0.1) is 0 Å². The standard InChI is InChI=1S/2Mg.H2O.2O/h;;1H2;;/q2*+2;;2*-2. The summed E-state index contributed by atoms with van der Waals surface area (Å²) in [6.45, 7) is 0. The van der Waals surface area contributed by atoms with Crippen LogP contribution in [0.2, 0.25) is 0 Å². The third-order valence-electron chi connectivity index (χ3n) is 0. The molecule has 0 radical (unpaired) electrons. The molecule has 5 heavy (non-hydrogen) atoms. The molecule has 0 aliphatic heterocycles. The fourth-order valence-corrected chi connectivity index (χ4v) is 0. The Balaban J connectivity index is 0. The number of hydrogen-bond acceptors (Lipinski definition) is 0. The van der Waals surface area contributed by atoms with Gasteiger partial charge in [-0.3, -0.25) is 0 Å². The first-order chi connectivity index (χ1) is 0. The van der Waals surface area contributed by atoms with E-state index in [-0.39, 0.29) is 62.5 Å². The van der Waals surface area contributed by atoms with Gasteiger partial charge in [0.05, 0.1) is 0 Å². The summed E-state index contributed by atoms with van der Waals surface area (Å²) in [5, 5.41) is 0. The van der Waals surface area contributed by atoms with E-state index in [1.807, 2.05) is 0 Å². The Kier molecular flexibility index (Phi) is 995. The van der Waals surface area contributed by atoms with Gasteiger partial charge in [-0.05, 0) is 0 Å². The van der Waals surface area contributed by atoms with E-state index in [2.05, 4.69) is 0 Å². The van der Waals surface area contributed by atoms with Crippen molar-refractivity contribution in [3.05, 3.63) is 0 Å². The number of rotatable bonds is 0. The maximum absolute atomic E-state index is 0. The molecule has 0 amide bonds. The van der Waals surface area contributed by atoms with E-state index < -0.39 is 0 Å². The zero-order valence-corrected chi connectivity index (χ0v) is 5.56. The third kappa shape index (κ3) is 31.6. The van der Waals surface area contributed by atoms with Crippen LogP contribution in [0.5, 0.6) is 0 Å². The Morgan fingerprint density at radius 2 is 0.600 bits per heavy atom. The zero-order chi connectivity index (χ0) is 0. The van der Waals surface area contributed by atoms with Crippen LogP contribution >= 0.6 is 0 Å². The first-order valence-corrected chi connectivity index (χ1v) is 0. The van der Waals surface area contributed by atoms with Crippen molar-refractivity contribution in [2.45, 2.75) is 0 Å². The minimum absolute atomic E-state index is 0. The fourth-order valence-electron chi connectivity index (χ4n) is 0. The van der Waals surface area contributed by atoms with Crippen LogP contribution in [0.25, 0.3) is 0 Å². The summed E-state index contributed by atoms with van der Waals surface area (Å²) in [5.41, 5.74) is 0. The summed E-state index contributed by atoms with van der Waals surface area (Å²) in [6, 6.07) is 0. The minimum Gasteiger partial charge on any atom is -2.00 e. The first kappa shape index (κ1) is 94.2. The molecule has 0 spiro atoms. The maximum atomic E-state index is 0. The molecule has 0 aromatic carbocycles. The van der Waals surface area contributed by atoms with Crippen LogP contribution in [0.3, 0.4) is 0 Å². The topological polar surface area (TPSA) is 88.5 Å². The molecule has 0 bridgehead atoms. The van der Waals surface area contributed by atoms with Crippen LogP contribution in [-0.2, 0) is 11.0 Å². The van der Waals surface area contributed by atoms with Crippen molar-refractivity contribution in [1.29, 1.82) is 0 Å². The van der Waals surface area contributed by atoms with Crippen molar-refractivity contribution in [1.82, 2.24) is 0 Å². The molecule has 0 unspecified atom stereocenters. The largest absolute Gasteiger partial charge is 2.00 e. The second kappa shape index (κ2) is 52.8. The molecule has 0 aliphatic rings. The molecule has 0 fully saturated rings. The molecule has 2 N–H and O–H groups in total. The average molecular weight is 98.6 g/mol. The summed E-state index contributed by atoms with van der Waals surface area (Å²) in [5.74, 6) is 0. The van der Waals surface area contributed by atoms with Crippen LogP contribution in [0.4, 0.5) is 0 Å². The van der Waals surface area contributed by atoms with Gasteiger partial charge in [0, 0.05) is 0 Å². The van der Waals surface area contributed by atoms with Crippen molar-refractivity contribution < 1.29 is 16.4 Å². The molecule has 0 saturated carbocycles.